The monoisotopic (exact) mass is 645 g/mol. The molecule has 3 heterocycles. The standard InChI is InChI=1S/C30H39N5O7S2/c1-32-43(37,38)28-4-2-3-27(14-28)41-21-26(36)18-34-25-15-30(42-20-25)9-11-35(12-10-30)44(39,40)29-13-24(17-33-19-29)23-7-5-22(16-31)6-8-23/h2-8,13-14,17,19,25-26,32,34,36H,9-12,15-16,18,20-21,31H2,1H3/t25-,26-/m0/s1. The van der Waals surface area contributed by atoms with E-state index in [0.717, 1.165) is 16.7 Å². The third kappa shape index (κ3) is 7.46. The van der Waals surface area contributed by atoms with Crippen molar-refractivity contribution < 1.29 is 31.4 Å². The van der Waals surface area contributed by atoms with Gasteiger partial charge in [0.05, 0.1) is 17.1 Å². The predicted molar refractivity (Wildman–Crippen MR) is 165 cm³/mol. The van der Waals surface area contributed by atoms with Crippen molar-refractivity contribution in [2.24, 2.45) is 5.73 Å². The molecule has 14 heteroatoms. The molecule has 2 aliphatic rings. The number of benzene rings is 2. The van der Waals surface area contributed by atoms with Crippen molar-refractivity contribution in [3.8, 4) is 16.9 Å². The van der Waals surface area contributed by atoms with Crippen molar-refractivity contribution in [2.75, 3.05) is 39.9 Å². The van der Waals surface area contributed by atoms with Crippen LogP contribution < -0.4 is 20.5 Å². The van der Waals surface area contributed by atoms with E-state index in [-0.39, 0.29) is 29.0 Å². The molecule has 0 saturated carbocycles. The van der Waals surface area contributed by atoms with E-state index in [1.54, 1.807) is 24.4 Å². The normalized spacial score (nSPS) is 19.7. The van der Waals surface area contributed by atoms with Crippen molar-refractivity contribution in [3.05, 3.63) is 72.6 Å². The molecule has 0 radical (unpaired) electrons. The molecule has 44 heavy (non-hydrogen) atoms. The number of hydrogen-bond acceptors (Lipinski definition) is 10. The number of aliphatic hydroxyl groups excluding tert-OH is 1. The van der Waals surface area contributed by atoms with Gasteiger partial charge in [-0.1, -0.05) is 30.3 Å². The van der Waals surface area contributed by atoms with E-state index < -0.39 is 31.8 Å². The molecule has 0 bridgehead atoms. The van der Waals surface area contributed by atoms with Gasteiger partial charge in [0.25, 0.3) is 0 Å². The second kappa shape index (κ2) is 13.6. The highest BCUT2D eigenvalue weighted by Crippen LogP contribution is 2.37. The van der Waals surface area contributed by atoms with Gasteiger partial charge >= 0.3 is 0 Å². The molecule has 2 aliphatic heterocycles. The maximum Gasteiger partial charge on any atom is 0.244 e. The first-order chi connectivity index (χ1) is 21.0. The zero-order valence-corrected chi connectivity index (χ0v) is 26.2. The summed E-state index contributed by atoms with van der Waals surface area (Å²) in [4.78, 5) is 4.45. The minimum absolute atomic E-state index is 0.00319. The Kier molecular flexibility index (Phi) is 10.0. The van der Waals surface area contributed by atoms with E-state index in [1.165, 1.54) is 29.7 Å². The number of rotatable bonds is 12. The fourth-order valence-electron chi connectivity index (χ4n) is 5.56. The van der Waals surface area contributed by atoms with E-state index in [1.807, 2.05) is 24.3 Å². The molecule has 0 unspecified atom stereocenters. The molecule has 0 aliphatic carbocycles. The number of sulfonamides is 2. The van der Waals surface area contributed by atoms with E-state index >= 15 is 0 Å². The molecular weight excluding hydrogens is 606 g/mol. The fourth-order valence-corrected chi connectivity index (χ4v) is 7.76. The number of piperidine rings is 1. The maximum absolute atomic E-state index is 13.5. The lowest BCUT2D eigenvalue weighted by Crippen LogP contribution is -2.47. The lowest BCUT2D eigenvalue weighted by molar-refractivity contribution is -0.0312. The molecule has 1 aromatic heterocycles. The Bertz CT molecular complexity index is 1640. The van der Waals surface area contributed by atoms with Crippen LogP contribution in [0.3, 0.4) is 0 Å². The summed E-state index contributed by atoms with van der Waals surface area (Å²) in [6, 6.07) is 15.4. The molecular formula is C30H39N5O7S2. The average Bonchev–Trinajstić information content (AvgIpc) is 3.45. The molecule has 12 nitrogen and oxygen atoms in total. The Labute approximate surface area is 258 Å². The Morgan fingerprint density at radius 1 is 1.07 bits per heavy atom. The van der Waals surface area contributed by atoms with Crippen LogP contribution in [0.15, 0.2) is 76.8 Å². The molecule has 1 spiro atoms. The van der Waals surface area contributed by atoms with Gasteiger partial charge in [0.2, 0.25) is 20.0 Å². The molecule has 238 valence electrons. The lowest BCUT2D eigenvalue weighted by atomic mass is 9.88. The summed E-state index contributed by atoms with van der Waals surface area (Å²) in [6.45, 7) is 1.81. The number of aliphatic hydroxyl groups is 1. The number of nitrogens with one attached hydrogen (secondary N) is 2. The Balaban J connectivity index is 1.10. The van der Waals surface area contributed by atoms with Crippen LogP contribution in [0, 0.1) is 0 Å². The molecule has 5 rings (SSSR count). The van der Waals surface area contributed by atoms with Gasteiger partial charge in [-0.25, -0.2) is 21.6 Å². The van der Waals surface area contributed by atoms with E-state index in [0.29, 0.717) is 51.3 Å². The number of nitrogens with zero attached hydrogens (tertiary/aromatic N) is 2. The second-order valence-corrected chi connectivity index (χ2v) is 15.0. The van der Waals surface area contributed by atoms with Crippen LogP contribution in [-0.2, 0) is 31.3 Å². The van der Waals surface area contributed by atoms with Gasteiger partial charge in [-0.05, 0) is 55.6 Å². The first kappa shape index (κ1) is 32.4. The highest BCUT2D eigenvalue weighted by atomic mass is 32.2. The van der Waals surface area contributed by atoms with Crippen molar-refractivity contribution in [2.45, 2.75) is 53.3 Å². The van der Waals surface area contributed by atoms with Crippen LogP contribution >= 0.6 is 0 Å². The topological polar surface area (TPSA) is 173 Å². The number of ether oxygens (including phenoxy) is 2. The predicted octanol–water partition coefficient (Wildman–Crippen LogP) is 1.46. The minimum Gasteiger partial charge on any atom is -0.491 e. The van der Waals surface area contributed by atoms with Crippen molar-refractivity contribution in [3.63, 3.8) is 0 Å². The van der Waals surface area contributed by atoms with Gasteiger partial charge in [0.1, 0.15) is 23.4 Å². The number of aromatic nitrogens is 1. The highest BCUT2D eigenvalue weighted by Gasteiger charge is 2.44. The molecule has 2 atom stereocenters. The van der Waals surface area contributed by atoms with Crippen LogP contribution in [0.4, 0.5) is 0 Å². The fraction of sp³-hybridized carbons (Fsp3) is 0.433. The smallest absolute Gasteiger partial charge is 0.244 e. The van der Waals surface area contributed by atoms with Gasteiger partial charge in [-0.2, -0.15) is 4.31 Å². The van der Waals surface area contributed by atoms with Gasteiger partial charge in [0, 0.05) is 56.2 Å². The Hall–Kier alpha value is -2.95. The quantitative estimate of drug-likeness (QED) is 0.226. The van der Waals surface area contributed by atoms with Crippen LogP contribution in [0.25, 0.3) is 11.1 Å². The zero-order chi connectivity index (χ0) is 31.4. The SMILES string of the molecule is CNS(=O)(=O)c1cccc(OC[C@@H](O)CN[C@@H]2COC3(CCN(S(=O)(=O)c4cncc(-c5ccc(CN)cc5)c4)CC3)C2)c1. The van der Waals surface area contributed by atoms with Gasteiger partial charge in [-0.15, -0.1) is 0 Å². The van der Waals surface area contributed by atoms with Crippen LogP contribution in [0.1, 0.15) is 24.8 Å². The molecule has 5 N–H and O–H groups in total. The van der Waals surface area contributed by atoms with E-state index in [2.05, 4.69) is 15.0 Å². The zero-order valence-electron chi connectivity index (χ0n) is 24.6. The van der Waals surface area contributed by atoms with Crippen LogP contribution in [0.5, 0.6) is 5.75 Å². The maximum atomic E-state index is 13.5. The van der Waals surface area contributed by atoms with Gasteiger partial charge in [-0.3, -0.25) is 4.98 Å². The Morgan fingerprint density at radius 2 is 1.82 bits per heavy atom. The number of pyridine rings is 1. The summed E-state index contributed by atoms with van der Waals surface area (Å²) in [6.07, 6.45) is 4.05. The van der Waals surface area contributed by atoms with E-state index in [9.17, 15) is 21.9 Å². The summed E-state index contributed by atoms with van der Waals surface area (Å²) in [7, 11) is -5.99. The van der Waals surface area contributed by atoms with Crippen molar-refractivity contribution in [1.29, 1.82) is 0 Å². The third-order valence-electron chi connectivity index (χ3n) is 8.19. The summed E-state index contributed by atoms with van der Waals surface area (Å²) in [5, 5.41) is 13.8. The largest absolute Gasteiger partial charge is 0.491 e. The summed E-state index contributed by atoms with van der Waals surface area (Å²) >= 11 is 0. The van der Waals surface area contributed by atoms with Crippen molar-refractivity contribution in [1.82, 2.24) is 19.3 Å². The van der Waals surface area contributed by atoms with E-state index in [4.69, 9.17) is 15.2 Å². The lowest BCUT2D eigenvalue weighted by Gasteiger charge is -2.38. The Morgan fingerprint density at radius 3 is 2.52 bits per heavy atom. The molecule has 0 amide bonds. The van der Waals surface area contributed by atoms with Gasteiger partial charge in [0.15, 0.2) is 0 Å². The van der Waals surface area contributed by atoms with Crippen LogP contribution in [-0.4, -0.2) is 88.9 Å². The highest BCUT2D eigenvalue weighted by molar-refractivity contribution is 7.89. The minimum atomic E-state index is -3.73. The third-order valence-corrected chi connectivity index (χ3v) is 11.5. The molecule has 2 aromatic carbocycles. The number of nitrogens with two attached hydrogens (primary N) is 1. The second-order valence-electron chi connectivity index (χ2n) is 11.2. The first-order valence-corrected chi connectivity index (χ1v) is 17.4. The summed E-state index contributed by atoms with van der Waals surface area (Å²) < 4.78 is 66.6. The molecule has 2 saturated heterocycles. The van der Waals surface area contributed by atoms with Crippen molar-refractivity contribution >= 4 is 20.0 Å². The molecule has 3 aromatic rings. The summed E-state index contributed by atoms with van der Waals surface area (Å²) in [5.74, 6) is 0.342. The molecule has 2 fully saturated rings. The summed E-state index contributed by atoms with van der Waals surface area (Å²) in [5.41, 5.74) is 7.85. The average molecular weight is 646 g/mol. The number of hydrogen-bond donors (Lipinski definition) is 4. The first-order valence-electron chi connectivity index (χ1n) is 14.5. The van der Waals surface area contributed by atoms with Crippen LogP contribution in [0.2, 0.25) is 0 Å². The van der Waals surface area contributed by atoms with Gasteiger partial charge < -0.3 is 25.6 Å².